The first kappa shape index (κ1) is 18.7. The maximum atomic E-state index is 3.63. The predicted octanol–water partition coefficient (Wildman–Crippen LogP) is 8.18. The van der Waals surface area contributed by atoms with Crippen molar-refractivity contribution in [3.63, 3.8) is 0 Å². The number of hydrogen-bond acceptors (Lipinski definition) is 1. The van der Waals surface area contributed by atoms with Crippen LogP contribution in [0.15, 0.2) is 97.1 Å². The molecule has 0 spiro atoms. The molecular formula is C29H27N. The molecule has 0 aliphatic heterocycles. The van der Waals surface area contributed by atoms with Crippen LogP contribution in [-0.2, 0) is 5.41 Å². The van der Waals surface area contributed by atoms with E-state index < -0.39 is 0 Å². The van der Waals surface area contributed by atoms with Crippen molar-refractivity contribution in [1.29, 1.82) is 0 Å². The fourth-order valence-corrected chi connectivity index (χ4v) is 5.09. The normalized spacial score (nSPS) is 13.5. The molecular weight excluding hydrogens is 362 g/mol. The van der Waals surface area contributed by atoms with Crippen LogP contribution in [0, 0.1) is 0 Å². The van der Waals surface area contributed by atoms with E-state index in [1.54, 1.807) is 0 Å². The van der Waals surface area contributed by atoms with Gasteiger partial charge in [-0.1, -0.05) is 86.6 Å². The number of fused-ring (bicyclic) bond motifs is 3. The molecule has 1 heteroatoms. The molecule has 1 aliphatic carbocycles. The molecule has 0 heterocycles. The lowest BCUT2D eigenvalue weighted by Crippen LogP contribution is -2.23. The van der Waals surface area contributed by atoms with Gasteiger partial charge in [-0.05, 0) is 70.5 Å². The van der Waals surface area contributed by atoms with Gasteiger partial charge in [0.25, 0.3) is 0 Å². The fourth-order valence-electron chi connectivity index (χ4n) is 5.09. The summed E-state index contributed by atoms with van der Waals surface area (Å²) in [7, 11) is 0. The van der Waals surface area contributed by atoms with Crippen LogP contribution in [0.1, 0.15) is 37.8 Å². The Morgan fingerprint density at radius 2 is 1.17 bits per heavy atom. The van der Waals surface area contributed by atoms with Gasteiger partial charge in [0.05, 0.1) is 0 Å². The van der Waals surface area contributed by atoms with Crippen LogP contribution < -0.4 is 5.32 Å². The van der Waals surface area contributed by atoms with Crippen molar-refractivity contribution in [3.05, 3.63) is 108 Å². The van der Waals surface area contributed by atoms with Gasteiger partial charge in [0.15, 0.2) is 0 Å². The monoisotopic (exact) mass is 389 g/mol. The van der Waals surface area contributed by atoms with Crippen LogP contribution in [0.3, 0.4) is 0 Å². The first-order chi connectivity index (χ1) is 14.7. The molecule has 30 heavy (non-hydrogen) atoms. The van der Waals surface area contributed by atoms with Gasteiger partial charge in [0.1, 0.15) is 0 Å². The zero-order valence-electron chi connectivity index (χ0n) is 17.7. The Hall–Kier alpha value is -3.32. The van der Waals surface area contributed by atoms with Crippen LogP contribution in [0.5, 0.6) is 0 Å². The van der Waals surface area contributed by atoms with Crippen molar-refractivity contribution in [2.45, 2.75) is 32.1 Å². The van der Waals surface area contributed by atoms with Crippen molar-refractivity contribution in [3.8, 4) is 22.3 Å². The molecule has 1 nitrogen and oxygen atoms in total. The maximum Gasteiger partial charge on any atom is 0.0387 e. The largest absolute Gasteiger partial charge is 0.356 e. The van der Waals surface area contributed by atoms with E-state index in [-0.39, 0.29) is 5.41 Å². The molecule has 148 valence electrons. The number of rotatable bonds is 5. The van der Waals surface area contributed by atoms with Crippen LogP contribution >= 0.6 is 0 Å². The molecule has 4 aromatic rings. The van der Waals surface area contributed by atoms with Gasteiger partial charge in [-0.3, -0.25) is 0 Å². The summed E-state index contributed by atoms with van der Waals surface area (Å²) in [6, 6.07) is 35.0. The highest BCUT2D eigenvalue weighted by atomic mass is 14.9. The van der Waals surface area contributed by atoms with E-state index >= 15 is 0 Å². The Morgan fingerprint density at radius 1 is 0.567 bits per heavy atom. The summed E-state index contributed by atoms with van der Waals surface area (Å²) in [4.78, 5) is 0. The lowest BCUT2D eigenvalue weighted by Gasteiger charge is -2.30. The van der Waals surface area contributed by atoms with E-state index in [9.17, 15) is 0 Å². The first-order valence-electron chi connectivity index (χ1n) is 10.9. The molecule has 0 saturated heterocycles. The summed E-state index contributed by atoms with van der Waals surface area (Å²) < 4.78 is 0. The van der Waals surface area contributed by atoms with E-state index in [4.69, 9.17) is 0 Å². The molecule has 0 amide bonds. The lowest BCUT2D eigenvalue weighted by molar-refractivity contribution is 0.490. The summed E-state index contributed by atoms with van der Waals surface area (Å²) in [5, 5.41) is 3.63. The third kappa shape index (κ3) is 2.93. The van der Waals surface area contributed by atoms with Gasteiger partial charge >= 0.3 is 0 Å². The molecule has 0 bridgehead atoms. The Morgan fingerprint density at radius 3 is 1.90 bits per heavy atom. The van der Waals surface area contributed by atoms with Gasteiger partial charge in [0, 0.05) is 16.8 Å². The molecule has 0 atom stereocenters. The van der Waals surface area contributed by atoms with Crippen molar-refractivity contribution in [1.82, 2.24) is 0 Å². The van der Waals surface area contributed by atoms with E-state index in [1.165, 1.54) is 33.4 Å². The third-order valence-corrected chi connectivity index (χ3v) is 6.76. The molecule has 0 fully saturated rings. The minimum atomic E-state index is 0.112. The highest BCUT2D eigenvalue weighted by Gasteiger charge is 2.40. The van der Waals surface area contributed by atoms with Crippen LogP contribution in [0.2, 0.25) is 0 Å². The number of nitrogens with one attached hydrogen (secondary N) is 1. The standard InChI is InChI=1S/C29H27N/c1-3-29(4-2)27-13-9-8-12-25(27)26-19-18-24(20-28(26)29)30-23-16-14-22(15-17-23)21-10-6-5-7-11-21/h5-20,30H,3-4H2,1-2H3. The molecule has 1 N–H and O–H groups in total. The Balaban J connectivity index is 1.48. The highest BCUT2D eigenvalue weighted by Crippen LogP contribution is 2.53. The summed E-state index contributed by atoms with van der Waals surface area (Å²) in [5.74, 6) is 0. The van der Waals surface area contributed by atoms with Crippen LogP contribution in [0.25, 0.3) is 22.3 Å². The Labute approximate surface area is 179 Å². The smallest absolute Gasteiger partial charge is 0.0387 e. The van der Waals surface area contributed by atoms with Crippen LogP contribution in [0.4, 0.5) is 11.4 Å². The van der Waals surface area contributed by atoms with Crippen molar-refractivity contribution in [2.24, 2.45) is 0 Å². The number of benzene rings is 4. The quantitative estimate of drug-likeness (QED) is 0.363. The summed E-state index contributed by atoms with van der Waals surface area (Å²) in [6.45, 7) is 4.63. The summed E-state index contributed by atoms with van der Waals surface area (Å²) in [5.41, 5.74) is 10.6. The van der Waals surface area contributed by atoms with E-state index in [1.807, 2.05) is 0 Å². The number of anilines is 2. The molecule has 0 radical (unpaired) electrons. The van der Waals surface area contributed by atoms with Gasteiger partial charge in [-0.15, -0.1) is 0 Å². The van der Waals surface area contributed by atoms with Crippen molar-refractivity contribution in [2.75, 3.05) is 5.32 Å². The molecule has 0 saturated carbocycles. The molecule has 4 aromatic carbocycles. The second-order valence-electron chi connectivity index (χ2n) is 8.16. The highest BCUT2D eigenvalue weighted by molar-refractivity contribution is 5.83. The molecule has 0 aromatic heterocycles. The van der Waals surface area contributed by atoms with Gasteiger partial charge < -0.3 is 5.32 Å². The zero-order chi connectivity index (χ0) is 20.6. The summed E-state index contributed by atoms with van der Waals surface area (Å²) >= 11 is 0. The van der Waals surface area contributed by atoms with Crippen molar-refractivity contribution < 1.29 is 0 Å². The second kappa shape index (κ2) is 7.50. The topological polar surface area (TPSA) is 12.0 Å². The molecule has 5 rings (SSSR count). The van der Waals surface area contributed by atoms with E-state index in [0.717, 1.165) is 24.2 Å². The zero-order valence-corrected chi connectivity index (χ0v) is 17.7. The Bertz CT molecular complexity index is 1170. The van der Waals surface area contributed by atoms with Crippen molar-refractivity contribution >= 4 is 11.4 Å². The van der Waals surface area contributed by atoms with Gasteiger partial charge in [0.2, 0.25) is 0 Å². The first-order valence-corrected chi connectivity index (χ1v) is 10.9. The van der Waals surface area contributed by atoms with E-state index in [0.29, 0.717) is 0 Å². The number of hydrogen-bond donors (Lipinski definition) is 1. The fraction of sp³-hybridized carbons (Fsp3) is 0.172. The predicted molar refractivity (Wildman–Crippen MR) is 128 cm³/mol. The third-order valence-electron chi connectivity index (χ3n) is 6.76. The van der Waals surface area contributed by atoms with Gasteiger partial charge in [-0.2, -0.15) is 0 Å². The Kier molecular flexibility index (Phi) is 4.67. The minimum absolute atomic E-state index is 0.112. The minimum Gasteiger partial charge on any atom is -0.356 e. The molecule has 1 aliphatic rings. The summed E-state index contributed by atoms with van der Waals surface area (Å²) in [6.07, 6.45) is 2.23. The maximum absolute atomic E-state index is 3.63. The van der Waals surface area contributed by atoms with Crippen LogP contribution in [-0.4, -0.2) is 0 Å². The van der Waals surface area contributed by atoms with Gasteiger partial charge in [-0.25, -0.2) is 0 Å². The molecule has 0 unspecified atom stereocenters. The average molecular weight is 390 g/mol. The second-order valence-corrected chi connectivity index (χ2v) is 8.16. The lowest BCUT2D eigenvalue weighted by atomic mass is 9.74. The van der Waals surface area contributed by atoms with E-state index in [2.05, 4.69) is 116 Å². The average Bonchev–Trinajstić information content (AvgIpc) is 3.10. The SMILES string of the molecule is CCC1(CC)c2ccccc2-c2ccc(Nc3ccc(-c4ccccc4)cc3)cc21.